The molecule has 0 aromatic heterocycles. The van der Waals surface area contributed by atoms with E-state index >= 15 is 0 Å². The SMILES string of the molecule is CCCCCCCCCCCCCCC(I)C(=O)OCC(O)CO. The van der Waals surface area contributed by atoms with Crippen molar-refractivity contribution < 1.29 is 19.7 Å². The molecule has 0 aromatic rings. The van der Waals surface area contributed by atoms with E-state index in [1.165, 1.54) is 70.6 Å². The Labute approximate surface area is 161 Å². The molecular formula is C19H37IO4. The third kappa shape index (κ3) is 15.6. The Morgan fingerprint density at radius 1 is 0.917 bits per heavy atom. The molecule has 0 heterocycles. The molecule has 0 spiro atoms. The minimum absolute atomic E-state index is 0.118. The van der Waals surface area contributed by atoms with E-state index in [0.29, 0.717) is 0 Å². The van der Waals surface area contributed by atoms with Gasteiger partial charge in [0.05, 0.1) is 6.61 Å². The van der Waals surface area contributed by atoms with Gasteiger partial charge in [0.2, 0.25) is 0 Å². The van der Waals surface area contributed by atoms with Crippen LogP contribution in [0.1, 0.15) is 90.4 Å². The highest BCUT2D eigenvalue weighted by Gasteiger charge is 2.17. The number of carbonyl (C=O) groups is 1. The number of rotatable bonds is 17. The monoisotopic (exact) mass is 456 g/mol. The number of aliphatic hydroxyl groups is 2. The highest BCUT2D eigenvalue weighted by Crippen LogP contribution is 2.16. The summed E-state index contributed by atoms with van der Waals surface area (Å²) < 4.78 is 4.80. The topological polar surface area (TPSA) is 66.8 Å². The maximum absolute atomic E-state index is 11.7. The first-order chi connectivity index (χ1) is 11.6. The maximum atomic E-state index is 11.7. The van der Waals surface area contributed by atoms with Crippen LogP contribution in [0.4, 0.5) is 0 Å². The van der Waals surface area contributed by atoms with Crippen LogP contribution in [-0.2, 0) is 9.53 Å². The van der Waals surface area contributed by atoms with Gasteiger partial charge in [0.1, 0.15) is 16.6 Å². The molecule has 0 aliphatic carbocycles. The molecule has 0 amide bonds. The summed E-state index contributed by atoms with van der Waals surface area (Å²) in [7, 11) is 0. The first-order valence-corrected chi connectivity index (χ1v) is 11.0. The fourth-order valence-electron chi connectivity index (χ4n) is 2.60. The van der Waals surface area contributed by atoms with Crippen LogP contribution in [0.3, 0.4) is 0 Å². The van der Waals surface area contributed by atoms with Crippen molar-refractivity contribution in [2.45, 2.75) is 100 Å². The van der Waals surface area contributed by atoms with Crippen molar-refractivity contribution in [2.75, 3.05) is 13.2 Å². The standard InChI is InChI=1S/C19H37IO4/c1-2-3-4-5-6-7-8-9-10-11-12-13-14-18(20)19(23)24-16-17(22)15-21/h17-18,21-22H,2-16H2,1H3. The zero-order valence-electron chi connectivity index (χ0n) is 15.4. The molecule has 0 bridgehead atoms. The van der Waals surface area contributed by atoms with E-state index in [4.69, 9.17) is 14.9 Å². The second-order valence-electron chi connectivity index (χ2n) is 6.61. The smallest absolute Gasteiger partial charge is 0.318 e. The zero-order chi connectivity index (χ0) is 18.0. The second kappa shape index (κ2) is 17.9. The van der Waals surface area contributed by atoms with E-state index in [-0.39, 0.29) is 23.1 Å². The molecule has 0 radical (unpaired) electrons. The third-order valence-electron chi connectivity index (χ3n) is 4.20. The van der Waals surface area contributed by atoms with E-state index in [0.717, 1.165) is 12.8 Å². The minimum Gasteiger partial charge on any atom is -0.462 e. The van der Waals surface area contributed by atoms with Gasteiger partial charge in [-0.15, -0.1) is 0 Å². The lowest BCUT2D eigenvalue weighted by molar-refractivity contribution is -0.146. The van der Waals surface area contributed by atoms with Crippen LogP contribution in [-0.4, -0.2) is 39.4 Å². The van der Waals surface area contributed by atoms with Gasteiger partial charge in [-0.05, 0) is 6.42 Å². The van der Waals surface area contributed by atoms with E-state index in [9.17, 15) is 4.79 Å². The second-order valence-corrected chi connectivity index (χ2v) is 8.12. The van der Waals surface area contributed by atoms with Crippen molar-refractivity contribution in [1.29, 1.82) is 0 Å². The Balaban J connectivity index is 3.32. The van der Waals surface area contributed by atoms with Gasteiger partial charge in [0, 0.05) is 0 Å². The highest BCUT2D eigenvalue weighted by atomic mass is 127. The van der Waals surface area contributed by atoms with Gasteiger partial charge >= 0.3 is 5.97 Å². The third-order valence-corrected chi connectivity index (χ3v) is 5.33. The summed E-state index contributed by atoms with van der Waals surface area (Å²) in [6.07, 6.45) is 15.6. The van der Waals surface area contributed by atoms with Crippen LogP contribution >= 0.6 is 22.6 Å². The Bertz CT molecular complexity index is 287. The maximum Gasteiger partial charge on any atom is 0.318 e. The largest absolute Gasteiger partial charge is 0.462 e. The van der Waals surface area contributed by atoms with Crippen LogP contribution < -0.4 is 0 Å². The number of hydrogen-bond donors (Lipinski definition) is 2. The summed E-state index contributed by atoms with van der Waals surface area (Å²) in [5, 5.41) is 17.8. The molecule has 0 aliphatic heterocycles. The van der Waals surface area contributed by atoms with Gasteiger partial charge in [-0.3, -0.25) is 4.79 Å². The fraction of sp³-hybridized carbons (Fsp3) is 0.947. The molecule has 0 saturated heterocycles. The molecule has 144 valence electrons. The van der Waals surface area contributed by atoms with Crippen molar-refractivity contribution in [3.8, 4) is 0 Å². The summed E-state index contributed by atoms with van der Waals surface area (Å²) in [4.78, 5) is 11.7. The molecule has 4 nitrogen and oxygen atoms in total. The van der Waals surface area contributed by atoms with Crippen LogP contribution in [0.25, 0.3) is 0 Å². The molecule has 5 heteroatoms. The van der Waals surface area contributed by atoms with Crippen molar-refractivity contribution >= 4 is 28.6 Å². The summed E-state index contributed by atoms with van der Waals surface area (Å²) in [6, 6.07) is 0. The lowest BCUT2D eigenvalue weighted by atomic mass is 10.0. The average Bonchev–Trinajstić information content (AvgIpc) is 2.59. The predicted molar refractivity (Wildman–Crippen MR) is 108 cm³/mol. The van der Waals surface area contributed by atoms with Crippen LogP contribution in [0, 0.1) is 0 Å². The number of esters is 1. The number of alkyl halides is 1. The highest BCUT2D eigenvalue weighted by molar-refractivity contribution is 14.1. The van der Waals surface area contributed by atoms with Crippen molar-refractivity contribution in [3.05, 3.63) is 0 Å². The molecule has 0 aliphatic rings. The lowest BCUT2D eigenvalue weighted by Gasteiger charge is -2.12. The van der Waals surface area contributed by atoms with Gasteiger partial charge in [-0.1, -0.05) is 107 Å². The van der Waals surface area contributed by atoms with Crippen molar-refractivity contribution in [2.24, 2.45) is 0 Å². The predicted octanol–water partition coefficient (Wildman–Crippen LogP) is 4.78. The van der Waals surface area contributed by atoms with Crippen LogP contribution in [0.2, 0.25) is 0 Å². The lowest BCUT2D eigenvalue weighted by Crippen LogP contribution is -2.25. The first kappa shape index (κ1) is 24.1. The van der Waals surface area contributed by atoms with E-state index < -0.39 is 6.10 Å². The van der Waals surface area contributed by atoms with Crippen LogP contribution in [0.15, 0.2) is 0 Å². The molecule has 0 saturated carbocycles. The minimum atomic E-state index is -0.968. The van der Waals surface area contributed by atoms with Gasteiger partial charge in [-0.2, -0.15) is 0 Å². The number of unbranched alkanes of at least 4 members (excludes halogenated alkanes) is 11. The fourth-order valence-corrected chi connectivity index (χ4v) is 3.22. The molecule has 2 N–H and O–H groups in total. The van der Waals surface area contributed by atoms with Crippen LogP contribution in [0.5, 0.6) is 0 Å². The van der Waals surface area contributed by atoms with Gasteiger partial charge < -0.3 is 14.9 Å². The zero-order valence-corrected chi connectivity index (χ0v) is 17.5. The molecular weight excluding hydrogens is 419 g/mol. The number of aliphatic hydroxyl groups excluding tert-OH is 2. The Kier molecular flexibility index (Phi) is 18.0. The number of ether oxygens (including phenoxy) is 1. The molecule has 2 atom stereocenters. The summed E-state index contributed by atoms with van der Waals surface area (Å²) in [5.74, 6) is -0.286. The normalized spacial score (nSPS) is 13.7. The van der Waals surface area contributed by atoms with Crippen molar-refractivity contribution in [1.82, 2.24) is 0 Å². The Hall–Kier alpha value is 0.120. The van der Waals surface area contributed by atoms with Gasteiger partial charge in [0.15, 0.2) is 0 Å². The van der Waals surface area contributed by atoms with E-state index in [2.05, 4.69) is 29.5 Å². The summed E-state index contributed by atoms with van der Waals surface area (Å²) in [5.41, 5.74) is 0. The Morgan fingerprint density at radius 3 is 1.83 bits per heavy atom. The molecule has 0 aromatic carbocycles. The molecule has 2 unspecified atom stereocenters. The first-order valence-electron chi connectivity index (χ1n) is 9.71. The van der Waals surface area contributed by atoms with E-state index in [1.807, 2.05) is 0 Å². The van der Waals surface area contributed by atoms with Gasteiger partial charge in [-0.25, -0.2) is 0 Å². The molecule has 24 heavy (non-hydrogen) atoms. The van der Waals surface area contributed by atoms with Crippen molar-refractivity contribution in [3.63, 3.8) is 0 Å². The van der Waals surface area contributed by atoms with Gasteiger partial charge in [0.25, 0.3) is 0 Å². The molecule has 0 rings (SSSR count). The number of hydrogen-bond acceptors (Lipinski definition) is 4. The quantitative estimate of drug-likeness (QED) is 0.143. The Morgan fingerprint density at radius 2 is 1.38 bits per heavy atom. The average molecular weight is 456 g/mol. The van der Waals surface area contributed by atoms with E-state index in [1.54, 1.807) is 0 Å². The summed E-state index contributed by atoms with van der Waals surface area (Å²) >= 11 is 2.10. The number of carbonyl (C=O) groups excluding carboxylic acids is 1. The summed E-state index contributed by atoms with van der Waals surface area (Å²) in [6.45, 7) is 1.76. The number of halogens is 1. The molecule has 0 fully saturated rings.